The van der Waals surface area contributed by atoms with E-state index in [1.165, 1.54) is 0 Å². The molecule has 0 unspecified atom stereocenters. The molecule has 0 aliphatic carbocycles. The predicted octanol–water partition coefficient (Wildman–Crippen LogP) is 1.36. The van der Waals surface area contributed by atoms with Crippen molar-refractivity contribution in [1.82, 2.24) is 9.82 Å². The van der Waals surface area contributed by atoms with E-state index in [4.69, 9.17) is 16.2 Å². The van der Waals surface area contributed by atoms with Crippen molar-refractivity contribution in [2.24, 2.45) is 0 Å². The molecule has 0 radical (unpaired) electrons. The fourth-order valence-corrected chi connectivity index (χ4v) is 1.34. The number of hydrogen-bond acceptors (Lipinski definition) is 3. The van der Waals surface area contributed by atoms with Crippen LogP contribution in [0.4, 0.5) is 0 Å². The van der Waals surface area contributed by atoms with E-state index in [-0.39, 0.29) is 0 Å². The monoisotopic (exact) mass is 198 g/mol. The molecule has 5 heteroatoms. The lowest BCUT2D eigenvalue weighted by molar-refractivity contribution is 0.555. The topological polar surface area (TPSA) is 58.0 Å². The molecule has 13 heavy (non-hydrogen) atoms. The van der Waals surface area contributed by atoms with Gasteiger partial charge in [0.2, 0.25) is 0 Å². The average Bonchev–Trinajstić information content (AvgIpc) is 2.44. The minimum absolute atomic E-state index is 0.439. The van der Waals surface area contributed by atoms with Gasteiger partial charge in [-0.05, 0) is 29.5 Å². The van der Waals surface area contributed by atoms with Crippen molar-refractivity contribution in [1.29, 1.82) is 0 Å². The molecule has 68 valence electrons. The predicted molar refractivity (Wildman–Crippen MR) is 49.5 cm³/mol. The number of rotatable bonds is 2. The van der Waals surface area contributed by atoms with Gasteiger partial charge in [0.25, 0.3) is 0 Å². The van der Waals surface area contributed by atoms with Crippen LogP contribution >= 0.6 is 11.8 Å². The minimum atomic E-state index is -0.439. The first-order valence-electron chi connectivity index (χ1n) is 3.75. The van der Waals surface area contributed by atoms with E-state index in [1.54, 1.807) is 6.07 Å². The fraction of sp³-hybridized carbons (Fsp3) is 0.125. The number of halogens is 1. The summed E-state index contributed by atoms with van der Waals surface area (Å²) in [5.41, 5.74) is 2.23. The molecule has 0 spiro atoms. The Balaban J connectivity index is 2.54. The maximum Gasteiger partial charge on any atom is 0.417 e. The summed E-state index contributed by atoms with van der Waals surface area (Å²) >= 11 is 5.35. The van der Waals surface area contributed by atoms with Crippen LogP contribution in [-0.4, -0.2) is 4.98 Å². The van der Waals surface area contributed by atoms with Gasteiger partial charge in [-0.2, -0.15) is 0 Å². The number of H-pyrrole nitrogens is 1. The van der Waals surface area contributed by atoms with Crippen LogP contribution in [0.15, 0.2) is 27.4 Å². The third-order valence-corrected chi connectivity index (χ3v) is 1.89. The molecule has 1 heterocycles. The first-order chi connectivity index (χ1) is 6.29. The van der Waals surface area contributed by atoms with Crippen molar-refractivity contribution in [2.45, 2.75) is 6.54 Å². The summed E-state index contributed by atoms with van der Waals surface area (Å²) in [6, 6.07) is 5.39. The maximum absolute atomic E-state index is 10.8. The fourth-order valence-electron chi connectivity index (χ4n) is 1.19. The molecule has 2 N–H and O–H groups in total. The quantitative estimate of drug-likeness (QED) is 0.717. The Hall–Kier alpha value is -1.26. The molecule has 2 rings (SSSR count). The summed E-state index contributed by atoms with van der Waals surface area (Å²) in [6.45, 7) is 0.546. The smallest absolute Gasteiger partial charge is 0.408 e. The standard InChI is InChI=1S/C8H7ClN2O2/c9-10-4-5-1-2-7-6(3-5)11-8(12)13-7/h1-3,10H,4H2,(H,11,12). The first-order valence-corrected chi connectivity index (χ1v) is 4.12. The third kappa shape index (κ3) is 1.59. The number of aromatic nitrogens is 1. The Morgan fingerprint density at radius 3 is 3.15 bits per heavy atom. The molecule has 1 aromatic heterocycles. The molecule has 0 saturated carbocycles. The van der Waals surface area contributed by atoms with Crippen LogP contribution in [0.2, 0.25) is 0 Å². The zero-order valence-electron chi connectivity index (χ0n) is 6.63. The van der Waals surface area contributed by atoms with E-state index < -0.39 is 5.76 Å². The molecule has 1 aromatic carbocycles. The van der Waals surface area contributed by atoms with E-state index >= 15 is 0 Å². The zero-order valence-corrected chi connectivity index (χ0v) is 7.39. The lowest BCUT2D eigenvalue weighted by Gasteiger charge is -1.96. The Labute approximate surface area is 78.6 Å². The van der Waals surface area contributed by atoms with Crippen molar-refractivity contribution < 1.29 is 4.42 Å². The SMILES string of the molecule is O=c1[nH]c2cc(CNCl)ccc2o1. The van der Waals surface area contributed by atoms with E-state index in [1.807, 2.05) is 12.1 Å². The summed E-state index contributed by atoms with van der Waals surface area (Å²) in [5, 5.41) is 0. The van der Waals surface area contributed by atoms with Gasteiger partial charge in [0.1, 0.15) is 0 Å². The summed E-state index contributed by atoms with van der Waals surface area (Å²) < 4.78 is 4.84. The highest BCUT2D eigenvalue weighted by atomic mass is 35.5. The Bertz CT molecular complexity index is 474. The van der Waals surface area contributed by atoms with Crippen molar-refractivity contribution in [3.63, 3.8) is 0 Å². The maximum atomic E-state index is 10.8. The van der Waals surface area contributed by atoms with E-state index in [0.717, 1.165) is 5.56 Å². The number of aromatic amines is 1. The van der Waals surface area contributed by atoms with Crippen LogP contribution < -0.4 is 10.6 Å². The molecule has 0 bridgehead atoms. The molecule has 4 nitrogen and oxygen atoms in total. The Morgan fingerprint density at radius 2 is 2.38 bits per heavy atom. The largest absolute Gasteiger partial charge is 0.417 e. The van der Waals surface area contributed by atoms with Gasteiger partial charge in [-0.3, -0.25) is 4.98 Å². The second-order valence-electron chi connectivity index (χ2n) is 2.66. The minimum Gasteiger partial charge on any atom is -0.408 e. The van der Waals surface area contributed by atoms with Gasteiger partial charge in [-0.15, -0.1) is 0 Å². The number of benzene rings is 1. The molecule has 0 amide bonds. The zero-order chi connectivity index (χ0) is 9.26. The van der Waals surface area contributed by atoms with Crippen LogP contribution in [0.25, 0.3) is 11.1 Å². The van der Waals surface area contributed by atoms with Gasteiger partial charge in [0.05, 0.1) is 5.52 Å². The van der Waals surface area contributed by atoms with Crippen LogP contribution in [0.3, 0.4) is 0 Å². The molecular weight excluding hydrogens is 192 g/mol. The number of hydrogen-bond donors (Lipinski definition) is 2. The van der Waals surface area contributed by atoms with E-state index in [9.17, 15) is 4.79 Å². The highest BCUT2D eigenvalue weighted by Crippen LogP contribution is 2.11. The highest BCUT2D eigenvalue weighted by Gasteiger charge is 2.00. The lowest BCUT2D eigenvalue weighted by atomic mass is 10.2. The van der Waals surface area contributed by atoms with E-state index in [2.05, 4.69) is 9.82 Å². The molecule has 0 aliphatic heterocycles. The van der Waals surface area contributed by atoms with Gasteiger partial charge >= 0.3 is 5.76 Å². The van der Waals surface area contributed by atoms with Crippen LogP contribution in [0.1, 0.15) is 5.56 Å². The molecule has 0 atom stereocenters. The number of nitrogens with one attached hydrogen (secondary N) is 2. The van der Waals surface area contributed by atoms with Gasteiger partial charge in [-0.1, -0.05) is 6.07 Å². The van der Waals surface area contributed by atoms with E-state index in [0.29, 0.717) is 17.6 Å². The van der Waals surface area contributed by atoms with Crippen LogP contribution in [0, 0.1) is 0 Å². The Morgan fingerprint density at radius 1 is 1.54 bits per heavy atom. The average molecular weight is 199 g/mol. The second-order valence-corrected chi connectivity index (χ2v) is 2.92. The first kappa shape index (κ1) is 8.34. The molecule has 0 aliphatic rings. The highest BCUT2D eigenvalue weighted by molar-refractivity contribution is 6.13. The summed E-state index contributed by atoms with van der Waals surface area (Å²) in [7, 11) is 0. The van der Waals surface area contributed by atoms with Gasteiger partial charge in [-0.25, -0.2) is 9.63 Å². The van der Waals surface area contributed by atoms with Crippen molar-refractivity contribution in [2.75, 3.05) is 0 Å². The van der Waals surface area contributed by atoms with Crippen molar-refractivity contribution in [3.8, 4) is 0 Å². The molecule has 2 aromatic rings. The normalized spacial score (nSPS) is 10.8. The van der Waals surface area contributed by atoms with Crippen molar-refractivity contribution in [3.05, 3.63) is 34.3 Å². The third-order valence-electron chi connectivity index (χ3n) is 1.75. The van der Waals surface area contributed by atoms with Gasteiger partial charge in [0, 0.05) is 6.54 Å². The molecular formula is C8H7ClN2O2. The van der Waals surface area contributed by atoms with Gasteiger partial charge < -0.3 is 4.42 Å². The summed E-state index contributed by atoms with van der Waals surface area (Å²) in [4.78, 5) is 15.9. The summed E-state index contributed by atoms with van der Waals surface area (Å²) in [5.74, 6) is -0.439. The lowest BCUT2D eigenvalue weighted by Crippen LogP contribution is -1.97. The second kappa shape index (κ2) is 3.24. The van der Waals surface area contributed by atoms with Crippen molar-refractivity contribution >= 4 is 22.9 Å². The molecule has 0 fully saturated rings. The van der Waals surface area contributed by atoms with Crippen LogP contribution in [-0.2, 0) is 6.54 Å². The van der Waals surface area contributed by atoms with Gasteiger partial charge in [0.15, 0.2) is 5.58 Å². The number of oxazole rings is 1. The summed E-state index contributed by atoms with van der Waals surface area (Å²) in [6.07, 6.45) is 0. The van der Waals surface area contributed by atoms with Crippen LogP contribution in [0.5, 0.6) is 0 Å². The Kier molecular flexibility index (Phi) is 2.08. The number of fused-ring (bicyclic) bond motifs is 1. The molecule has 0 saturated heterocycles.